The summed E-state index contributed by atoms with van der Waals surface area (Å²) in [5.41, 5.74) is 1.06. The van der Waals surface area contributed by atoms with Crippen molar-refractivity contribution in [1.82, 2.24) is 15.0 Å². The van der Waals surface area contributed by atoms with E-state index in [4.69, 9.17) is 9.47 Å². The highest BCUT2D eigenvalue weighted by atomic mass is 16.5. The molecule has 0 bridgehead atoms. The number of H-pyrrole nitrogens is 1. The zero-order valence-corrected chi connectivity index (χ0v) is 9.87. The Balaban J connectivity index is 2.52. The summed E-state index contributed by atoms with van der Waals surface area (Å²) in [6, 6.07) is 3.69. The van der Waals surface area contributed by atoms with Gasteiger partial charge in [-0.15, -0.1) is 0 Å². The smallest absolute Gasteiger partial charge is 0.215 e. The molecule has 0 aliphatic rings. The van der Waals surface area contributed by atoms with Crippen molar-refractivity contribution in [2.24, 2.45) is 0 Å². The van der Waals surface area contributed by atoms with Crippen LogP contribution in [0.5, 0.6) is 5.88 Å². The zero-order valence-electron chi connectivity index (χ0n) is 9.87. The lowest BCUT2D eigenvalue weighted by Gasteiger charge is -2.19. The molecule has 0 aliphatic heterocycles. The molecule has 0 fully saturated rings. The van der Waals surface area contributed by atoms with Crippen LogP contribution in [0.25, 0.3) is 11.2 Å². The Morgan fingerprint density at radius 1 is 1.19 bits per heavy atom. The van der Waals surface area contributed by atoms with E-state index in [9.17, 15) is 0 Å². The number of methoxy groups -OCH3 is 2. The van der Waals surface area contributed by atoms with Gasteiger partial charge in [0.15, 0.2) is 5.65 Å². The molecule has 0 aromatic carbocycles. The van der Waals surface area contributed by atoms with E-state index in [0.717, 1.165) is 11.3 Å². The standard InChI is InChI=1S/C11H15N3O2/c1-11(2,16-4)10-12-7-5-6-8(15-3)13-9(7)14-10/h5-6H,1-4H3,(H,12,13,14). The maximum absolute atomic E-state index is 5.36. The first kappa shape index (κ1) is 10.9. The molecule has 0 saturated heterocycles. The summed E-state index contributed by atoms with van der Waals surface area (Å²) in [6.45, 7) is 3.89. The molecule has 16 heavy (non-hydrogen) atoms. The van der Waals surface area contributed by atoms with Crippen molar-refractivity contribution in [3.8, 4) is 5.88 Å². The monoisotopic (exact) mass is 221 g/mol. The van der Waals surface area contributed by atoms with E-state index in [-0.39, 0.29) is 0 Å². The van der Waals surface area contributed by atoms with Gasteiger partial charge in [-0.2, -0.15) is 4.98 Å². The molecule has 0 radical (unpaired) electrons. The molecule has 0 saturated carbocycles. The fourth-order valence-electron chi connectivity index (χ4n) is 1.37. The Morgan fingerprint density at radius 3 is 2.56 bits per heavy atom. The van der Waals surface area contributed by atoms with Gasteiger partial charge in [0.1, 0.15) is 11.4 Å². The van der Waals surface area contributed by atoms with Crippen molar-refractivity contribution in [1.29, 1.82) is 0 Å². The van der Waals surface area contributed by atoms with E-state index >= 15 is 0 Å². The second-order valence-electron chi connectivity index (χ2n) is 4.02. The van der Waals surface area contributed by atoms with E-state index in [1.54, 1.807) is 20.3 Å². The molecule has 5 nitrogen and oxygen atoms in total. The third-order valence-corrected chi connectivity index (χ3v) is 2.61. The van der Waals surface area contributed by atoms with E-state index < -0.39 is 5.60 Å². The molecule has 0 spiro atoms. The van der Waals surface area contributed by atoms with Crippen molar-refractivity contribution in [3.63, 3.8) is 0 Å². The molecule has 0 aliphatic carbocycles. The van der Waals surface area contributed by atoms with Crippen LogP contribution >= 0.6 is 0 Å². The molecular weight excluding hydrogens is 206 g/mol. The molecule has 86 valence electrons. The first-order valence-corrected chi connectivity index (χ1v) is 5.03. The predicted molar refractivity (Wildman–Crippen MR) is 60.5 cm³/mol. The molecule has 5 heteroatoms. The number of hydrogen-bond acceptors (Lipinski definition) is 4. The molecule has 0 unspecified atom stereocenters. The number of hydrogen-bond donors (Lipinski definition) is 1. The van der Waals surface area contributed by atoms with E-state index in [0.29, 0.717) is 11.5 Å². The number of rotatable bonds is 3. The molecule has 1 N–H and O–H groups in total. The third-order valence-electron chi connectivity index (χ3n) is 2.61. The van der Waals surface area contributed by atoms with Crippen LogP contribution in [0.4, 0.5) is 0 Å². The average molecular weight is 221 g/mol. The Labute approximate surface area is 93.8 Å². The van der Waals surface area contributed by atoms with Gasteiger partial charge in [-0.1, -0.05) is 0 Å². The highest BCUT2D eigenvalue weighted by Gasteiger charge is 2.24. The van der Waals surface area contributed by atoms with Gasteiger partial charge in [0.25, 0.3) is 0 Å². The van der Waals surface area contributed by atoms with Crippen molar-refractivity contribution in [2.75, 3.05) is 14.2 Å². The zero-order chi connectivity index (χ0) is 11.8. The lowest BCUT2D eigenvalue weighted by molar-refractivity contribution is 0.0124. The van der Waals surface area contributed by atoms with Crippen LogP contribution in [0, 0.1) is 0 Å². The molecule has 0 atom stereocenters. The normalized spacial score (nSPS) is 12.0. The summed E-state index contributed by atoms with van der Waals surface area (Å²) in [5, 5.41) is 0. The number of aromatic amines is 1. The number of ether oxygens (including phenoxy) is 2. The van der Waals surface area contributed by atoms with Crippen molar-refractivity contribution < 1.29 is 9.47 Å². The van der Waals surface area contributed by atoms with Crippen molar-refractivity contribution in [2.45, 2.75) is 19.4 Å². The van der Waals surface area contributed by atoms with Gasteiger partial charge >= 0.3 is 0 Å². The van der Waals surface area contributed by atoms with Crippen molar-refractivity contribution >= 4 is 11.2 Å². The van der Waals surface area contributed by atoms with Crippen LogP contribution in [0.15, 0.2) is 12.1 Å². The van der Waals surface area contributed by atoms with E-state index in [1.165, 1.54) is 0 Å². The second-order valence-corrected chi connectivity index (χ2v) is 4.02. The summed E-state index contributed by atoms with van der Waals surface area (Å²) >= 11 is 0. The van der Waals surface area contributed by atoms with Gasteiger partial charge in [0.2, 0.25) is 5.88 Å². The van der Waals surface area contributed by atoms with E-state index in [2.05, 4.69) is 15.0 Å². The minimum Gasteiger partial charge on any atom is -0.481 e. The fraction of sp³-hybridized carbons (Fsp3) is 0.455. The van der Waals surface area contributed by atoms with Crippen LogP contribution in [-0.4, -0.2) is 29.2 Å². The summed E-state index contributed by atoms with van der Waals surface area (Å²) in [7, 11) is 3.24. The van der Waals surface area contributed by atoms with Gasteiger partial charge in [0.05, 0.1) is 12.6 Å². The third kappa shape index (κ3) is 1.74. The summed E-state index contributed by atoms with van der Waals surface area (Å²) in [4.78, 5) is 11.8. The lowest BCUT2D eigenvalue weighted by Crippen LogP contribution is -2.21. The summed E-state index contributed by atoms with van der Waals surface area (Å²) < 4.78 is 10.4. The van der Waals surface area contributed by atoms with Gasteiger partial charge in [0, 0.05) is 13.2 Å². The predicted octanol–water partition coefficient (Wildman–Crippen LogP) is 1.85. The molecule has 2 aromatic rings. The highest BCUT2D eigenvalue weighted by Crippen LogP contribution is 2.23. The van der Waals surface area contributed by atoms with E-state index in [1.807, 2.05) is 19.9 Å². The van der Waals surface area contributed by atoms with Crippen LogP contribution in [0.3, 0.4) is 0 Å². The minimum atomic E-state index is -0.450. The second kappa shape index (κ2) is 3.75. The average Bonchev–Trinajstić information content (AvgIpc) is 2.72. The largest absolute Gasteiger partial charge is 0.481 e. The Morgan fingerprint density at radius 2 is 1.94 bits per heavy atom. The van der Waals surface area contributed by atoms with Gasteiger partial charge < -0.3 is 14.5 Å². The molecule has 2 aromatic heterocycles. The summed E-state index contributed by atoms with van der Waals surface area (Å²) in [5.74, 6) is 1.31. The van der Waals surface area contributed by atoms with Crippen LogP contribution in [0.1, 0.15) is 19.7 Å². The van der Waals surface area contributed by atoms with Crippen LogP contribution < -0.4 is 4.74 Å². The van der Waals surface area contributed by atoms with Gasteiger partial charge in [-0.25, -0.2) is 4.98 Å². The lowest BCUT2D eigenvalue weighted by atomic mass is 10.1. The number of fused-ring (bicyclic) bond motifs is 1. The first-order chi connectivity index (χ1) is 7.56. The van der Waals surface area contributed by atoms with Crippen LogP contribution in [-0.2, 0) is 10.3 Å². The van der Waals surface area contributed by atoms with Crippen molar-refractivity contribution in [3.05, 3.63) is 18.0 Å². The SMILES string of the molecule is COc1ccc2[nH]c(C(C)(C)OC)nc2n1. The maximum atomic E-state index is 5.36. The fourth-order valence-corrected chi connectivity index (χ4v) is 1.37. The number of imidazole rings is 1. The first-order valence-electron chi connectivity index (χ1n) is 5.03. The van der Waals surface area contributed by atoms with Gasteiger partial charge in [-0.05, 0) is 19.9 Å². The Bertz CT molecular complexity index is 505. The number of pyridine rings is 1. The number of aromatic nitrogens is 3. The number of nitrogens with zero attached hydrogens (tertiary/aromatic N) is 2. The van der Waals surface area contributed by atoms with Crippen LogP contribution in [0.2, 0.25) is 0 Å². The molecule has 0 amide bonds. The molecule has 2 rings (SSSR count). The Hall–Kier alpha value is -1.62. The minimum absolute atomic E-state index is 0.450. The molecule has 2 heterocycles. The maximum Gasteiger partial charge on any atom is 0.215 e. The number of nitrogens with one attached hydrogen (secondary N) is 1. The quantitative estimate of drug-likeness (QED) is 0.859. The highest BCUT2D eigenvalue weighted by molar-refractivity contribution is 5.71. The Kier molecular flexibility index (Phi) is 2.55. The molecular formula is C11H15N3O2. The topological polar surface area (TPSA) is 60.0 Å². The van der Waals surface area contributed by atoms with Gasteiger partial charge in [-0.3, -0.25) is 0 Å². The summed E-state index contributed by atoms with van der Waals surface area (Å²) in [6.07, 6.45) is 0.